The molecule has 2 aromatic carbocycles. The van der Waals surface area contributed by atoms with Crippen LogP contribution in [0.1, 0.15) is 35.6 Å². The van der Waals surface area contributed by atoms with E-state index < -0.39 is 11.7 Å². The van der Waals surface area contributed by atoms with Gasteiger partial charge in [0.1, 0.15) is 0 Å². The lowest BCUT2D eigenvalue weighted by atomic mass is 10.0. The fourth-order valence-corrected chi connectivity index (χ4v) is 5.39. The molecule has 0 radical (unpaired) electrons. The Kier molecular flexibility index (Phi) is 7.76. The topological polar surface area (TPSA) is 43.8 Å². The molecule has 38 heavy (non-hydrogen) atoms. The van der Waals surface area contributed by atoms with Gasteiger partial charge in [0, 0.05) is 63.4 Å². The van der Waals surface area contributed by atoms with Crippen molar-refractivity contribution in [2.75, 3.05) is 39.8 Å². The number of hydrogen-bond donors (Lipinski definition) is 1. The lowest BCUT2D eigenvalue weighted by Gasteiger charge is -2.41. The molecule has 202 valence electrons. The molecule has 1 atom stereocenters. The highest BCUT2D eigenvalue weighted by molar-refractivity contribution is 5.75. The van der Waals surface area contributed by atoms with Crippen LogP contribution in [0.15, 0.2) is 73.1 Å². The van der Waals surface area contributed by atoms with Crippen molar-refractivity contribution in [3.63, 3.8) is 0 Å². The van der Waals surface area contributed by atoms with Crippen LogP contribution in [0.25, 0.3) is 5.69 Å². The molecule has 2 saturated heterocycles. The summed E-state index contributed by atoms with van der Waals surface area (Å²) >= 11 is 0. The molecule has 1 N–H and O–H groups in total. The van der Waals surface area contributed by atoms with Gasteiger partial charge < -0.3 is 19.7 Å². The first-order chi connectivity index (χ1) is 18.3. The number of benzene rings is 2. The molecule has 0 aliphatic carbocycles. The first kappa shape index (κ1) is 26.3. The quantitative estimate of drug-likeness (QED) is 0.501. The summed E-state index contributed by atoms with van der Waals surface area (Å²) in [6.07, 6.45) is 1.28. The normalized spacial score (nSPS) is 20.0. The second-order valence-corrected chi connectivity index (χ2v) is 10.4. The third-order valence-corrected chi connectivity index (χ3v) is 7.60. The molecule has 3 aromatic rings. The van der Waals surface area contributed by atoms with Gasteiger partial charge in [-0.2, -0.15) is 13.2 Å². The number of carbonyl (C=O) groups is 1. The largest absolute Gasteiger partial charge is 0.416 e. The summed E-state index contributed by atoms with van der Waals surface area (Å²) in [6, 6.07) is 17.6. The number of urea groups is 1. The number of rotatable bonds is 5. The molecule has 6 nitrogen and oxygen atoms in total. The molecule has 5 rings (SSSR count). The average molecular weight is 526 g/mol. The summed E-state index contributed by atoms with van der Waals surface area (Å²) in [5.74, 6) is 0. The lowest BCUT2D eigenvalue weighted by Crippen LogP contribution is -2.55. The van der Waals surface area contributed by atoms with Gasteiger partial charge in [-0.25, -0.2) is 4.79 Å². The monoisotopic (exact) mass is 525 g/mol. The number of amides is 2. The number of nitrogens with one attached hydrogen (secondary N) is 1. The van der Waals surface area contributed by atoms with Crippen molar-refractivity contribution in [3.8, 4) is 5.69 Å². The number of likely N-dealkylation sites (N-methyl/N-ethyl adjacent to an activating group) is 1. The molecule has 2 aliphatic heterocycles. The van der Waals surface area contributed by atoms with E-state index in [0.717, 1.165) is 68.8 Å². The standard InChI is InChI=1S/C29H34F3N5O/c1-34-17-18-37(27(21-34)23-5-3-2-4-6-23)28(38)33-25-12-14-35(15-13-25)19-22-11-16-36(20-22)26-9-7-24(8-10-26)29(30,31)32/h2-11,16,20,25,27H,12-15,17-19,21H2,1H3,(H,33,38). The number of piperidine rings is 1. The van der Waals surface area contributed by atoms with Crippen LogP contribution in [0.2, 0.25) is 0 Å². The second kappa shape index (κ2) is 11.2. The van der Waals surface area contributed by atoms with E-state index >= 15 is 0 Å². The highest BCUT2D eigenvalue weighted by atomic mass is 19.4. The smallest absolute Gasteiger partial charge is 0.335 e. The third kappa shape index (κ3) is 6.22. The van der Waals surface area contributed by atoms with Crippen LogP contribution in [0.3, 0.4) is 0 Å². The second-order valence-electron chi connectivity index (χ2n) is 10.4. The predicted octanol–water partition coefficient (Wildman–Crippen LogP) is 5.16. The number of nitrogens with zero attached hydrogens (tertiary/aromatic N) is 4. The number of aromatic nitrogens is 1. The Labute approximate surface area is 221 Å². The van der Waals surface area contributed by atoms with E-state index in [-0.39, 0.29) is 18.1 Å². The van der Waals surface area contributed by atoms with Crippen LogP contribution in [0.5, 0.6) is 0 Å². The van der Waals surface area contributed by atoms with Gasteiger partial charge in [0.15, 0.2) is 0 Å². The Morgan fingerprint density at radius 3 is 2.34 bits per heavy atom. The maximum atomic E-state index is 13.3. The molecule has 2 aliphatic rings. The average Bonchev–Trinajstić information content (AvgIpc) is 3.38. The molecule has 0 saturated carbocycles. The number of halogens is 3. The first-order valence-corrected chi connectivity index (χ1v) is 13.1. The molecular formula is C29H34F3N5O. The highest BCUT2D eigenvalue weighted by Crippen LogP contribution is 2.30. The van der Waals surface area contributed by atoms with Gasteiger partial charge in [0.05, 0.1) is 11.6 Å². The summed E-state index contributed by atoms with van der Waals surface area (Å²) in [5.41, 5.74) is 2.32. The first-order valence-electron chi connectivity index (χ1n) is 13.1. The number of hydrogen-bond acceptors (Lipinski definition) is 3. The van der Waals surface area contributed by atoms with Gasteiger partial charge in [-0.1, -0.05) is 30.3 Å². The number of carbonyl (C=O) groups excluding carboxylic acids is 1. The fraction of sp³-hybridized carbons (Fsp3) is 0.414. The van der Waals surface area contributed by atoms with E-state index in [2.05, 4.69) is 34.3 Å². The minimum absolute atomic E-state index is 0.0130. The zero-order valence-corrected chi connectivity index (χ0v) is 21.6. The Balaban J connectivity index is 1.12. The van der Waals surface area contributed by atoms with Gasteiger partial charge >= 0.3 is 12.2 Å². The maximum Gasteiger partial charge on any atom is 0.416 e. The summed E-state index contributed by atoms with van der Waals surface area (Å²) in [5, 5.41) is 3.29. The molecule has 2 amide bonds. The van der Waals surface area contributed by atoms with E-state index in [0.29, 0.717) is 12.2 Å². The number of piperazine rings is 1. The van der Waals surface area contributed by atoms with Crippen molar-refractivity contribution >= 4 is 6.03 Å². The Hall–Kier alpha value is -3.30. The van der Waals surface area contributed by atoms with Crippen molar-refractivity contribution < 1.29 is 18.0 Å². The molecule has 3 heterocycles. The third-order valence-electron chi connectivity index (χ3n) is 7.60. The van der Waals surface area contributed by atoms with Crippen LogP contribution in [0, 0.1) is 0 Å². The van der Waals surface area contributed by atoms with E-state index in [1.165, 1.54) is 12.1 Å². The van der Waals surface area contributed by atoms with Gasteiger partial charge in [-0.3, -0.25) is 4.90 Å². The Morgan fingerprint density at radius 1 is 0.947 bits per heavy atom. The van der Waals surface area contributed by atoms with Crippen LogP contribution in [0.4, 0.5) is 18.0 Å². The van der Waals surface area contributed by atoms with Gasteiger partial charge in [0.25, 0.3) is 0 Å². The van der Waals surface area contributed by atoms with E-state index in [1.807, 2.05) is 46.1 Å². The molecular weight excluding hydrogens is 491 g/mol. The number of alkyl halides is 3. The Morgan fingerprint density at radius 2 is 1.66 bits per heavy atom. The van der Waals surface area contributed by atoms with Crippen molar-refractivity contribution in [1.82, 2.24) is 24.6 Å². The zero-order chi connectivity index (χ0) is 26.7. The van der Waals surface area contributed by atoms with E-state index in [9.17, 15) is 18.0 Å². The van der Waals surface area contributed by atoms with Crippen molar-refractivity contribution in [1.29, 1.82) is 0 Å². The van der Waals surface area contributed by atoms with Crippen molar-refractivity contribution in [2.45, 2.75) is 37.6 Å². The van der Waals surface area contributed by atoms with Crippen LogP contribution < -0.4 is 5.32 Å². The summed E-state index contributed by atoms with van der Waals surface area (Å²) in [6.45, 7) is 4.91. The van der Waals surface area contributed by atoms with E-state index in [1.54, 1.807) is 0 Å². The minimum atomic E-state index is -4.33. The zero-order valence-electron chi connectivity index (χ0n) is 21.6. The predicted molar refractivity (Wildman–Crippen MR) is 141 cm³/mol. The molecule has 1 unspecified atom stereocenters. The van der Waals surface area contributed by atoms with Gasteiger partial charge in [0.2, 0.25) is 0 Å². The van der Waals surface area contributed by atoms with Crippen LogP contribution in [-0.4, -0.2) is 71.1 Å². The summed E-state index contributed by atoms with van der Waals surface area (Å²) in [7, 11) is 2.10. The molecule has 1 aromatic heterocycles. The van der Waals surface area contributed by atoms with E-state index in [4.69, 9.17) is 0 Å². The van der Waals surface area contributed by atoms with Crippen LogP contribution in [-0.2, 0) is 12.7 Å². The molecule has 0 bridgehead atoms. The molecule has 0 spiro atoms. The Bertz CT molecular complexity index is 1200. The van der Waals surface area contributed by atoms with Gasteiger partial charge in [-0.15, -0.1) is 0 Å². The molecule has 2 fully saturated rings. The highest BCUT2D eigenvalue weighted by Gasteiger charge is 2.32. The lowest BCUT2D eigenvalue weighted by molar-refractivity contribution is -0.137. The minimum Gasteiger partial charge on any atom is -0.335 e. The number of likely N-dealkylation sites (tertiary alicyclic amines) is 1. The molecule has 9 heteroatoms. The maximum absolute atomic E-state index is 13.3. The summed E-state index contributed by atoms with van der Waals surface area (Å²) < 4.78 is 40.4. The fourth-order valence-electron chi connectivity index (χ4n) is 5.39. The van der Waals surface area contributed by atoms with Crippen LogP contribution >= 0.6 is 0 Å². The van der Waals surface area contributed by atoms with Crippen molar-refractivity contribution in [3.05, 3.63) is 89.7 Å². The summed E-state index contributed by atoms with van der Waals surface area (Å²) in [4.78, 5) is 19.9. The SMILES string of the molecule is CN1CCN(C(=O)NC2CCN(Cc3ccn(-c4ccc(C(F)(F)F)cc4)c3)CC2)C(c2ccccc2)C1. The van der Waals surface area contributed by atoms with Crippen molar-refractivity contribution in [2.24, 2.45) is 0 Å². The van der Waals surface area contributed by atoms with Gasteiger partial charge in [-0.05, 0) is 61.3 Å².